The van der Waals surface area contributed by atoms with Crippen LogP contribution in [-0.2, 0) is 11.0 Å². The maximum absolute atomic E-state index is 13.9. The molecule has 36 heavy (non-hydrogen) atoms. The zero-order valence-electron chi connectivity index (χ0n) is 18.9. The first-order valence-corrected chi connectivity index (χ1v) is 11.3. The number of halogens is 3. The number of para-hydroxylation sites is 1. The minimum atomic E-state index is -4.75. The number of amides is 2. The van der Waals surface area contributed by atoms with Gasteiger partial charge in [0.15, 0.2) is 0 Å². The second-order valence-corrected chi connectivity index (χ2v) is 8.50. The van der Waals surface area contributed by atoms with Gasteiger partial charge in [0.2, 0.25) is 5.91 Å². The van der Waals surface area contributed by atoms with Crippen LogP contribution in [0.25, 0.3) is 16.9 Å². The smallest absolute Gasteiger partial charge is 0.326 e. The van der Waals surface area contributed by atoms with Crippen molar-refractivity contribution in [1.82, 2.24) is 9.78 Å². The highest BCUT2D eigenvalue weighted by Crippen LogP contribution is 2.38. The van der Waals surface area contributed by atoms with E-state index in [1.54, 1.807) is 24.3 Å². The van der Waals surface area contributed by atoms with E-state index in [0.29, 0.717) is 11.4 Å². The molecular weight excluding hydrogens is 469 g/mol. The lowest BCUT2D eigenvalue weighted by molar-refractivity contribution is -0.137. The summed E-state index contributed by atoms with van der Waals surface area (Å²) in [6.45, 7) is 0. The van der Waals surface area contributed by atoms with E-state index in [-0.39, 0.29) is 23.2 Å². The highest BCUT2D eigenvalue weighted by atomic mass is 19.4. The van der Waals surface area contributed by atoms with E-state index in [9.17, 15) is 22.8 Å². The Kier molecular flexibility index (Phi) is 6.05. The van der Waals surface area contributed by atoms with E-state index >= 15 is 0 Å². The van der Waals surface area contributed by atoms with Gasteiger partial charge in [-0.2, -0.15) is 18.3 Å². The van der Waals surface area contributed by atoms with Gasteiger partial charge in [-0.15, -0.1) is 0 Å². The lowest BCUT2D eigenvalue weighted by atomic mass is 10.1. The third-order valence-electron chi connectivity index (χ3n) is 5.80. The fraction of sp³-hybridized carbons (Fsp3) is 0.148. The molecule has 5 rings (SSSR count). The second-order valence-electron chi connectivity index (χ2n) is 8.50. The molecule has 3 aromatic carbocycles. The standard InChI is InChI=1S/C27H21F3N4O2/c28-27(29,30)21-15-19(31-25(35)18-11-12-18)13-14-22(21)32-26(36)24-16-23(17-7-3-1-4-8-17)33-34(24)20-9-5-2-6-10-20/h1-10,13-16,18H,11-12H2,(H,31,35)(H,32,36). The normalized spacial score (nSPS) is 13.3. The van der Waals surface area contributed by atoms with Crippen molar-refractivity contribution in [3.05, 3.63) is 96.2 Å². The lowest BCUT2D eigenvalue weighted by Gasteiger charge is -2.16. The first kappa shape index (κ1) is 23.3. The molecule has 4 aromatic rings. The van der Waals surface area contributed by atoms with Crippen molar-refractivity contribution < 1.29 is 22.8 Å². The first-order chi connectivity index (χ1) is 17.3. The summed E-state index contributed by atoms with van der Waals surface area (Å²) in [5.41, 5.74) is 0.459. The zero-order chi connectivity index (χ0) is 25.3. The van der Waals surface area contributed by atoms with Crippen LogP contribution in [0.5, 0.6) is 0 Å². The fourth-order valence-electron chi connectivity index (χ4n) is 3.80. The molecular formula is C27H21F3N4O2. The minimum absolute atomic E-state index is 0.0258. The van der Waals surface area contributed by atoms with E-state index in [4.69, 9.17) is 0 Å². The number of hydrogen-bond donors (Lipinski definition) is 2. The summed E-state index contributed by atoms with van der Waals surface area (Å²) in [6, 6.07) is 22.9. The van der Waals surface area contributed by atoms with Crippen molar-refractivity contribution in [3.8, 4) is 16.9 Å². The number of aromatic nitrogens is 2. The van der Waals surface area contributed by atoms with Crippen LogP contribution in [0.3, 0.4) is 0 Å². The summed E-state index contributed by atoms with van der Waals surface area (Å²) in [7, 11) is 0. The van der Waals surface area contributed by atoms with Gasteiger partial charge < -0.3 is 10.6 Å². The molecule has 1 saturated carbocycles. The van der Waals surface area contributed by atoms with Crippen LogP contribution in [0.1, 0.15) is 28.9 Å². The predicted octanol–water partition coefficient (Wildman–Crippen LogP) is 6.16. The van der Waals surface area contributed by atoms with Crippen LogP contribution in [0.2, 0.25) is 0 Å². The van der Waals surface area contributed by atoms with Gasteiger partial charge in [0.1, 0.15) is 5.69 Å². The highest BCUT2D eigenvalue weighted by molar-refractivity contribution is 6.05. The monoisotopic (exact) mass is 490 g/mol. The van der Waals surface area contributed by atoms with Crippen molar-refractivity contribution in [1.29, 1.82) is 0 Å². The third-order valence-corrected chi connectivity index (χ3v) is 5.80. The Bertz CT molecular complexity index is 1410. The quantitative estimate of drug-likeness (QED) is 0.340. The van der Waals surface area contributed by atoms with E-state index in [2.05, 4.69) is 15.7 Å². The minimum Gasteiger partial charge on any atom is -0.326 e. The SMILES string of the molecule is O=C(Nc1ccc(NC(=O)C2CC2)cc1C(F)(F)F)c1cc(-c2ccccc2)nn1-c1ccccc1. The van der Waals surface area contributed by atoms with Gasteiger partial charge in [-0.05, 0) is 49.2 Å². The van der Waals surface area contributed by atoms with Crippen molar-refractivity contribution >= 4 is 23.2 Å². The van der Waals surface area contributed by atoms with Gasteiger partial charge in [-0.25, -0.2) is 4.68 Å². The molecule has 1 fully saturated rings. The first-order valence-electron chi connectivity index (χ1n) is 11.3. The summed E-state index contributed by atoms with van der Waals surface area (Å²) >= 11 is 0. The van der Waals surface area contributed by atoms with Gasteiger partial charge in [0, 0.05) is 17.2 Å². The molecule has 0 saturated heterocycles. The fourth-order valence-corrected chi connectivity index (χ4v) is 3.80. The Balaban J connectivity index is 1.49. The van der Waals surface area contributed by atoms with Crippen molar-refractivity contribution in [2.24, 2.45) is 5.92 Å². The molecule has 1 aliphatic carbocycles. The van der Waals surface area contributed by atoms with E-state index in [1.165, 1.54) is 16.8 Å². The molecule has 0 bridgehead atoms. The second kappa shape index (κ2) is 9.33. The summed E-state index contributed by atoms with van der Waals surface area (Å²) in [4.78, 5) is 25.3. The number of nitrogens with zero attached hydrogens (tertiary/aromatic N) is 2. The molecule has 2 N–H and O–H groups in total. The molecule has 6 nitrogen and oxygen atoms in total. The lowest BCUT2D eigenvalue weighted by Crippen LogP contribution is -2.20. The number of nitrogens with one attached hydrogen (secondary N) is 2. The van der Waals surface area contributed by atoms with Gasteiger partial charge in [-0.3, -0.25) is 9.59 Å². The van der Waals surface area contributed by atoms with Crippen molar-refractivity contribution in [2.45, 2.75) is 19.0 Å². The molecule has 1 aliphatic rings. The summed E-state index contributed by atoms with van der Waals surface area (Å²) in [6.07, 6.45) is -3.30. The number of alkyl halides is 3. The number of anilines is 2. The maximum atomic E-state index is 13.9. The van der Waals surface area contributed by atoms with E-state index < -0.39 is 23.3 Å². The Morgan fingerprint density at radius 3 is 2.17 bits per heavy atom. The van der Waals surface area contributed by atoms with Crippen LogP contribution in [0.15, 0.2) is 84.9 Å². The Labute approximate surface area is 204 Å². The average molecular weight is 490 g/mol. The van der Waals surface area contributed by atoms with Crippen molar-refractivity contribution in [2.75, 3.05) is 10.6 Å². The maximum Gasteiger partial charge on any atom is 0.418 e. The molecule has 0 unspecified atom stereocenters. The number of rotatable bonds is 6. The summed E-state index contributed by atoms with van der Waals surface area (Å²) in [5.74, 6) is -1.22. The van der Waals surface area contributed by atoms with Gasteiger partial charge in [-0.1, -0.05) is 48.5 Å². The van der Waals surface area contributed by atoms with E-state index in [1.807, 2.05) is 36.4 Å². The predicted molar refractivity (Wildman–Crippen MR) is 130 cm³/mol. The van der Waals surface area contributed by atoms with Crippen molar-refractivity contribution in [3.63, 3.8) is 0 Å². The van der Waals surface area contributed by atoms with Crippen LogP contribution in [0, 0.1) is 5.92 Å². The molecule has 0 aliphatic heterocycles. The number of carbonyl (C=O) groups excluding carboxylic acids is 2. The third kappa shape index (κ3) is 5.00. The van der Waals surface area contributed by atoms with Gasteiger partial charge in [0.25, 0.3) is 5.91 Å². The average Bonchev–Trinajstić information content (AvgIpc) is 3.63. The summed E-state index contributed by atoms with van der Waals surface area (Å²) in [5, 5.41) is 9.45. The zero-order valence-corrected chi connectivity index (χ0v) is 18.9. The molecule has 0 radical (unpaired) electrons. The topological polar surface area (TPSA) is 76.0 Å². The molecule has 9 heteroatoms. The van der Waals surface area contributed by atoms with Crippen LogP contribution >= 0.6 is 0 Å². The molecule has 2 amide bonds. The molecule has 1 heterocycles. The Morgan fingerprint density at radius 2 is 1.53 bits per heavy atom. The summed E-state index contributed by atoms with van der Waals surface area (Å²) < 4.78 is 43.0. The van der Waals surface area contributed by atoms with Gasteiger partial charge >= 0.3 is 6.18 Å². The van der Waals surface area contributed by atoms with Crippen LogP contribution in [0.4, 0.5) is 24.5 Å². The molecule has 1 aromatic heterocycles. The Hall–Kier alpha value is -4.40. The van der Waals surface area contributed by atoms with Crippen LogP contribution < -0.4 is 10.6 Å². The number of carbonyl (C=O) groups is 2. The number of benzene rings is 3. The molecule has 0 atom stereocenters. The highest BCUT2D eigenvalue weighted by Gasteiger charge is 2.35. The van der Waals surface area contributed by atoms with Gasteiger partial charge in [0.05, 0.1) is 22.6 Å². The Morgan fingerprint density at radius 1 is 0.861 bits per heavy atom. The van der Waals surface area contributed by atoms with Crippen LogP contribution in [-0.4, -0.2) is 21.6 Å². The van der Waals surface area contributed by atoms with E-state index in [0.717, 1.165) is 30.5 Å². The largest absolute Gasteiger partial charge is 0.418 e. The molecule has 0 spiro atoms. The molecule has 182 valence electrons. The number of hydrogen-bond acceptors (Lipinski definition) is 3.